The molecule has 57 heavy (non-hydrogen) atoms. The Balaban J connectivity index is 4.48. The van der Waals surface area contributed by atoms with Crippen LogP contribution in [0.15, 0.2) is 72.9 Å². The molecule has 326 valence electrons. The van der Waals surface area contributed by atoms with Crippen molar-refractivity contribution in [2.75, 3.05) is 13.2 Å². The topological polar surface area (TPSA) is 78.9 Å². The van der Waals surface area contributed by atoms with E-state index in [9.17, 15) is 14.4 Å². The third-order valence-electron chi connectivity index (χ3n) is 9.73. The molecule has 0 aliphatic heterocycles. The summed E-state index contributed by atoms with van der Waals surface area (Å²) in [4.78, 5) is 37.6. The molecule has 1 atom stereocenters. The first-order chi connectivity index (χ1) is 28.0. The van der Waals surface area contributed by atoms with E-state index in [1.807, 2.05) is 6.08 Å². The predicted molar refractivity (Wildman–Crippen MR) is 242 cm³/mol. The lowest BCUT2D eigenvalue weighted by molar-refractivity contribution is -0.166. The quantitative estimate of drug-likeness (QED) is 0.0202. The molecule has 0 fully saturated rings. The van der Waals surface area contributed by atoms with Gasteiger partial charge in [0.15, 0.2) is 6.10 Å². The molecular formula is C51H86O6. The summed E-state index contributed by atoms with van der Waals surface area (Å²) in [7, 11) is 0. The zero-order chi connectivity index (χ0) is 41.5. The fourth-order valence-electron chi connectivity index (χ4n) is 6.19. The molecule has 0 N–H and O–H groups in total. The van der Waals surface area contributed by atoms with Crippen molar-refractivity contribution in [3.8, 4) is 0 Å². The first-order valence-electron chi connectivity index (χ1n) is 23.5. The average molecular weight is 795 g/mol. The maximum atomic E-state index is 12.7. The number of esters is 3. The average Bonchev–Trinajstić information content (AvgIpc) is 3.21. The van der Waals surface area contributed by atoms with Crippen LogP contribution in [0.3, 0.4) is 0 Å². The van der Waals surface area contributed by atoms with Gasteiger partial charge in [-0.25, -0.2) is 0 Å². The summed E-state index contributed by atoms with van der Waals surface area (Å²) in [5.41, 5.74) is 0. The van der Waals surface area contributed by atoms with Crippen molar-refractivity contribution in [1.82, 2.24) is 0 Å². The Kier molecular flexibility index (Phi) is 43.0. The van der Waals surface area contributed by atoms with Gasteiger partial charge in [-0.3, -0.25) is 14.4 Å². The van der Waals surface area contributed by atoms with E-state index in [4.69, 9.17) is 14.2 Å². The summed E-state index contributed by atoms with van der Waals surface area (Å²) >= 11 is 0. The van der Waals surface area contributed by atoms with Crippen LogP contribution in [0.1, 0.15) is 213 Å². The zero-order valence-corrected chi connectivity index (χ0v) is 37.1. The van der Waals surface area contributed by atoms with Crippen molar-refractivity contribution in [3.63, 3.8) is 0 Å². The molecule has 0 saturated carbocycles. The molecule has 0 spiro atoms. The van der Waals surface area contributed by atoms with Crippen LogP contribution in [0.2, 0.25) is 0 Å². The van der Waals surface area contributed by atoms with Gasteiger partial charge in [-0.2, -0.15) is 0 Å². The highest BCUT2D eigenvalue weighted by Gasteiger charge is 2.19. The van der Waals surface area contributed by atoms with E-state index >= 15 is 0 Å². The van der Waals surface area contributed by atoms with E-state index in [2.05, 4.69) is 81.5 Å². The van der Waals surface area contributed by atoms with Crippen molar-refractivity contribution < 1.29 is 28.6 Å². The van der Waals surface area contributed by atoms with Crippen LogP contribution in [0.25, 0.3) is 0 Å². The Bertz CT molecular complexity index is 1100. The van der Waals surface area contributed by atoms with Crippen LogP contribution in [0, 0.1) is 0 Å². The van der Waals surface area contributed by atoms with Gasteiger partial charge in [0.25, 0.3) is 0 Å². The van der Waals surface area contributed by atoms with Crippen molar-refractivity contribution in [2.45, 2.75) is 219 Å². The molecule has 0 rings (SSSR count). The van der Waals surface area contributed by atoms with Crippen molar-refractivity contribution in [3.05, 3.63) is 72.9 Å². The molecule has 0 aromatic carbocycles. The van der Waals surface area contributed by atoms with Crippen LogP contribution < -0.4 is 0 Å². The molecule has 0 aromatic heterocycles. The second kappa shape index (κ2) is 45.6. The number of carbonyl (C=O) groups excluding carboxylic acids is 3. The number of hydrogen-bond donors (Lipinski definition) is 0. The number of carbonyl (C=O) groups is 3. The van der Waals surface area contributed by atoms with Gasteiger partial charge in [0.05, 0.1) is 6.42 Å². The molecule has 0 amide bonds. The summed E-state index contributed by atoms with van der Waals surface area (Å²) in [6.07, 6.45) is 56.4. The highest BCUT2D eigenvalue weighted by Crippen LogP contribution is 2.12. The van der Waals surface area contributed by atoms with E-state index in [-0.39, 0.29) is 38.0 Å². The van der Waals surface area contributed by atoms with E-state index in [1.54, 1.807) is 6.08 Å². The largest absolute Gasteiger partial charge is 0.462 e. The lowest BCUT2D eigenvalue weighted by atomic mass is 10.1. The molecule has 0 heterocycles. The third-order valence-corrected chi connectivity index (χ3v) is 9.73. The maximum absolute atomic E-state index is 12.7. The lowest BCUT2D eigenvalue weighted by Crippen LogP contribution is -2.30. The molecule has 0 aliphatic carbocycles. The van der Waals surface area contributed by atoms with Gasteiger partial charge in [-0.15, -0.1) is 0 Å². The van der Waals surface area contributed by atoms with E-state index in [0.717, 1.165) is 83.5 Å². The number of rotatable bonds is 41. The Hall–Kier alpha value is -3.15. The summed E-state index contributed by atoms with van der Waals surface area (Å²) in [6, 6.07) is 0. The standard InChI is InChI=1S/C51H86O6/c1-4-7-10-13-16-19-21-23-25-26-28-29-32-35-38-41-44-50(53)56-47-48(46-55-49(52)43-40-37-34-31-18-15-12-9-6-3)57-51(54)45-42-39-36-33-30-27-24-22-20-17-14-11-8-5-2/h9,12,18,25-31,37,40,48H,4-8,10-11,13-17,19-24,32-36,38-39,41-47H2,1-3H3/b12-9-,26-25-,29-28-,30-27-,31-18-,40-37-. The Morgan fingerprint density at radius 2 is 0.807 bits per heavy atom. The second-order valence-electron chi connectivity index (χ2n) is 15.3. The van der Waals surface area contributed by atoms with Crippen LogP contribution >= 0.6 is 0 Å². The van der Waals surface area contributed by atoms with Gasteiger partial charge in [0.1, 0.15) is 13.2 Å². The minimum absolute atomic E-state index is 0.123. The van der Waals surface area contributed by atoms with Crippen LogP contribution in [-0.2, 0) is 28.6 Å². The summed E-state index contributed by atoms with van der Waals surface area (Å²) in [5.74, 6) is -1.10. The summed E-state index contributed by atoms with van der Waals surface area (Å²) < 4.78 is 16.6. The number of ether oxygens (including phenoxy) is 3. The van der Waals surface area contributed by atoms with Gasteiger partial charge in [-0.05, 0) is 83.5 Å². The highest BCUT2D eigenvalue weighted by atomic mass is 16.6. The first-order valence-corrected chi connectivity index (χ1v) is 23.5. The molecule has 0 bridgehead atoms. The molecule has 0 saturated heterocycles. The minimum Gasteiger partial charge on any atom is -0.462 e. The number of unbranched alkanes of at least 4 members (excludes halogenated alkanes) is 20. The van der Waals surface area contributed by atoms with Gasteiger partial charge < -0.3 is 14.2 Å². The van der Waals surface area contributed by atoms with Gasteiger partial charge in [0, 0.05) is 12.8 Å². The maximum Gasteiger partial charge on any atom is 0.309 e. The van der Waals surface area contributed by atoms with Gasteiger partial charge in [0.2, 0.25) is 0 Å². The van der Waals surface area contributed by atoms with Crippen molar-refractivity contribution in [2.24, 2.45) is 0 Å². The number of hydrogen-bond acceptors (Lipinski definition) is 6. The predicted octanol–water partition coefficient (Wildman–Crippen LogP) is 15.1. The Morgan fingerprint density at radius 3 is 1.32 bits per heavy atom. The van der Waals surface area contributed by atoms with Crippen LogP contribution in [0.5, 0.6) is 0 Å². The van der Waals surface area contributed by atoms with Crippen LogP contribution in [-0.4, -0.2) is 37.2 Å². The fourth-order valence-corrected chi connectivity index (χ4v) is 6.19. The fraction of sp³-hybridized carbons (Fsp3) is 0.706. The van der Waals surface area contributed by atoms with E-state index < -0.39 is 12.1 Å². The summed E-state index contributed by atoms with van der Waals surface area (Å²) in [6.45, 7) is 6.36. The first kappa shape index (κ1) is 53.9. The highest BCUT2D eigenvalue weighted by molar-refractivity contribution is 5.72. The Labute approximate surface area is 351 Å². The molecule has 6 nitrogen and oxygen atoms in total. The van der Waals surface area contributed by atoms with E-state index in [1.165, 1.54) is 89.9 Å². The zero-order valence-electron chi connectivity index (χ0n) is 37.1. The molecule has 0 radical (unpaired) electrons. The molecular weight excluding hydrogens is 709 g/mol. The van der Waals surface area contributed by atoms with Crippen molar-refractivity contribution >= 4 is 17.9 Å². The van der Waals surface area contributed by atoms with E-state index in [0.29, 0.717) is 6.42 Å². The monoisotopic (exact) mass is 795 g/mol. The second-order valence-corrected chi connectivity index (χ2v) is 15.3. The molecule has 1 unspecified atom stereocenters. The number of allylic oxidation sites excluding steroid dienone is 11. The normalized spacial score (nSPS) is 12.7. The molecule has 6 heteroatoms. The lowest BCUT2D eigenvalue weighted by Gasteiger charge is -2.18. The molecule has 0 aromatic rings. The Morgan fingerprint density at radius 1 is 0.404 bits per heavy atom. The molecule has 0 aliphatic rings. The third kappa shape index (κ3) is 43.8. The van der Waals surface area contributed by atoms with Crippen molar-refractivity contribution in [1.29, 1.82) is 0 Å². The minimum atomic E-state index is -0.827. The van der Waals surface area contributed by atoms with Crippen LogP contribution in [0.4, 0.5) is 0 Å². The summed E-state index contributed by atoms with van der Waals surface area (Å²) in [5, 5.41) is 0. The van der Waals surface area contributed by atoms with Gasteiger partial charge in [-0.1, -0.05) is 184 Å². The smallest absolute Gasteiger partial charge is 0.309 e. The SMILES string of the molecule is CC/C=C\C/C=C\C/C=C\CC(=O)OCC(COC(=O)CCCCC/C=C\C=C/CCCCCCCCC)OC(=O)CCCCC/C=C\CCCCCCCCC. The van der Waals surface area contributed by atoms with Gasteiger partial charge >= 0.3 is 17.9 Å².